The first-order valence-electron chi connectivity index (χ1n) is 6.73. The molecule has 0 saturated carbocycles. The molecule has 0 radical (unpaired) electrons. The predicted molar refractivity (Wildman–Crippen MR) is 76.9 cm³/mol. The minimum Gasteiger partial charge on any atom is -0.475 e. The van der Waals surface area contributed by atoms with Crippen LogP contribution in [0, 0.1) is 0 Å². The van der Waals surface area contributed by atoms with Crippen LogP contribution in [0.1, 0.15) is 32.0 Å². The van der Waals surface area contributed by atoms with E-state index < -0.39 is 29.3 Å². The van der Waals surface area contributed by atoms with Crippen LogP contribution in [0.5, 0.6) is 0 Å². The number of carbonyl (C=O) groups is 3. The third kappa shape index (κ3) is 3.70. The number of rotatable bonds is 5. The zero-order chi connectivity index (χ0) is 18.1. The Hall–Kier alpha value is -2.90. The first kappa shape index (κ1) is 17.5. The van der Waals surface area contributed by atoms with Gasteiger partial charge in [-0.05, 0) is 17.7 Å². The van der Waals surface area contributed by atoms with Crippen LogP contribution in [-0.2, 0) is 24.4 Å². The highest BCUT2D eigenvalue weighted by Crippen LogP contribution is 2.29. The van der Waals surface area contributed by atoms with Crippen molar-refractivity contribution in [2.75, 3.05) is 0 Å². The van der Waals surface area contributed by atoms with Gasteiger partial charge in [-0.1, -0.05) is 18.2 Å². The molecule has 0 spiro atoms. The van der Waals surface area contributed by atoms with Crippen molar-refractivity contribution in [1.29, 1.82) is 0 Å². The van der Waals surface area contributed by atoms with Crippen LogP contribution in [0.4, 0.5) is 13.2 Å². The van der Waals surface area contributed by atoms with Crippen molar-refractivity contribution in [2.24, 2.45) is 7.05 Å². The summed E-state index contributed by atoms with van der Waals surface area (Å²) in [5.74, 6) is -3.34. The molecule has 24 heavy (non-hydrogen) atoms. The van der Waals surface area contributed by atoms with Crippen molar-refractivity contribution < 1.29 is 32.7 Å². The van der Waals surface area contributed by atoms with Crippen molar-refractivity contribution in [3.63, 3.8) is 0 Å². The highest BCUT2D eigenvalue weighted by Gasteiger charge is 2.30. The van der Waals surface area contributed by atoms with E-state index in [0.29, 0.717) is 0 Å². The van der Waals surface area contributed by atoms with Gasteiger partial charge in [0.2, 0.25) is 0 Å². The average molecular weight is 339 g/mol. The Morgan fingerprint density at radius 3 is 2.42 bits per heavy atom. The molecule has 1 N–H and O–H groups in total. The van der Waals surface area contributed by atoms with Gasteiger partial charge in [-0.25, -0.2) is 4.79 Å². The Balaban J connectivity index is 2.25. The summed E-state index contributed by atoms with van der Waals surface area (Å²) in [7, 11) is 1.44. The maximum Gasteiger partial charge on any atom is 0.416 e. The molecule has 0 atom stereocenters. The second-order valence-corrected chi connectivity index (χ2v) is 5.16. The molecule has 0 saturated heterocycles. The van der Waals surface area contributed by atoms with Crippen molar-refractivity contribution in [2.45, 2.75) is 12.6 Å². The van der Waals surface area contributed by atoms with Crippen LogP contribution in [0.25, 0.3) is 0 Å². The monoisotopic (exact) mass is 339 g/mol. The number of hydrogen-bond donors (Lipinski definition) is 1. The summed E-state index contributed by atoms with van der Waals surface area (Å²) in [6, 6.07) is 5.49. The Morgan fingerprint density at radius 2 is 1.83 bits per heavy atom. The quantitative estimate of drug-likeness (QED) is 0.671. The number of aryl methyl sites for hydroxylation is 1. The van der Waals surface area contributed by atoms with Gasteiger partial charge in [-0.3, -0.25) is 9.59 Å². The number of ketones is 2. The van der Waals surface area contributed by atoms with Crippen molar-refractivity contribution in [1.82, 2.24) is 4.57 Å². The third-order valence-corrected chi connectivity index (χ3v) is 3.37. The maximum absolute atomic E-state index is 12.7. The van der Waals surface area contributed by atoms with Gasteiger partial charge >= 0.3 is 12.1 Å². The molecule has 2 aromatic rings. The van der Waals surface area contributed by atoms with Crippen LogP contribution in [0.2, 0.25) is 0 Å². The van der Waals surface area contributed by atoms with Crippen LogP contribution >= 0.6 is 0 Å². The summed E-state index contributed by atoms with van der Waals surface area (Å²) in [6.45, 7) is 0. The number of halogens is 3. The SMILES string of the molecule is Cn1cc(C(=O)C(=O)O)cc1C(=O)Cc1cccc(C(F)(F)F)c1. The molecule has 0 aliphatic heterocycles. The standard InChI is InChI=1S/C16H12F3NO4/c1-20-8-10(14(22)15(23)24)7-12(20)13(21)6-9-3-2-4-11(5-9)16(17,18)19/h2-5,7-8H,6H2,1H3,(H,23,24). The second-order valence-electron chi connectivity index (χ2n) is 5.16. The lowest BCUT2D eigenvalue weighted by molar-refractivity contribution is -0.137. The fraction of sp³-hybridized carbons (Fsp3) is 0.188. The third-order valence-electron chi connectivity index (χ3n) is 3.37. The zero-order valence-electron chi connectivity index (χ0n) is 12.4. The van der Waals surface area contributed by atoms with Gasteiger partial charge in [0, 0.05) is 25.2 Å². The van der Waals surface area contributed by atoms with E-state index in [1.54, 1.807) is 0 Å². The van der Waals surface area contributed by atoms with Crippen molar-refractivity contribution in [3.05, 3.63) is 58.9 Å². The van der Waals surface area contributed by atoms with Gasteiger partial charge < -0.3 is 9.67 Å². The zero-order valence-corrected chi connectivity index (χ0v) is 12.4. The molecule has 0 aliphatic carbocycles. The molecule has 5 nitrogen and oxygen atoms in total. The Labute approximate surface area is 134 Å². The Morgan fingerprint density at radius 1 is 1.17 bits per heavy atom. The van der Waals surface area contributed by atoms with Gasteiger partial charge in [0.25, 0.3) is 5.78 Å². The minimum atomic E-state index is -4.51. The number of carboxylic acid groups (broad SMARTS) is 1. The molecule has 1 aromatic heterocycles. The Bertz CT molecular complexity index is 821. The lowest BCUT2D eigenvalue weighted by atomic mass is 10.0. The number of alkyl halides is 3. The van der Waals surface area contributed by atoms with Gasteiger partial charge in [0.15, 0.2) is 5.78 Å². The van der Waals surface area contributed by atoms with Crippen LogP contribution in [0.15, 0.2) is 36.5 Å². The van der Waals surface area contributed by atoms with E-state index >= 15 is 0 Å². The van der Waals surface area contributed by atoms with Gasteiger partial charge in [-0.2, -0.15) is 13.2 Å². The summed E-state index contributed by atoms with van der Waals surface area (Å²) in [6.07, 6.45) is -3.62. The molecule has 126 valence electrons. The van der Waals surface area contributed by atoms with Crippen LogP contribution in [-0.4, -0.2) is 27.2 Å². The van der Waals surface area contributed by atoms with E-state index in [9.17, 15) is 27.6 Å². The summed E-state index contributed by atoms with van der Waals surface area (Å²) in [5.41, 5.74) is -0.821. The molecular formula is C16H12F3NO4. The predicted octanol–water partition coefficient (Wildman–Crippen LogP) is 2.74. The average Bonchev–Trinajstić information content (AvgIpc) is 2.87. The normalized spacial score (nSPS) is 11.3. The minimum absolute atomic E-state index is 0.0389. The second kappa shape index (κ2) is 6.31. The highest BCUT2D eigenvalue weighted by molar-refractivity contribution is 6.40. The molecule has 0 amide bonds. The van der Waals surface area contributed by atoms with E-state index in [1.165, 1.54) is 29.9 Å². The van der Waals surface area contributed by atoms with E-state index in [1.807, 2.05) is 0 Å². The molecule has 0 fully saturated rings. The van der Waals surface area contributed by atoms with E-state index in [0.717, 1.165) is 18.2 Å². The molecule has 0 aliphatic rings. The van der Waals surface area contributed by atoms with Crippen molar-refractivity contribution in [3.8, 4) is 0 Å². The molecule has 8 heteroatoms. The van der Waals surface area contributed by atoms with Crippen LogP contribution in [0.3, 0.4) is 0 Å². The van der Waals surface area contributed by atoms with E-state index in [4.69, 9.17) is 5.11 Å². The number of benzene rings is 1. The summed E-state index contributed by atoms with van der Waals surface area (Å²) in [5, 5.41) is 8.67. The summed E-state index contributed by atoms with van der Waals surface area (Å²) in [4.78, 5) is 34.3. The van der Waals surface area contributed by atoms with Crippen molar-refractivity contribution >= 4 is 17.5 Å². The molecule has 0 unspecified atom stereocenters. The number of hydrogen-bond acceptors (Lipinski definition) is 3. The molecule has 1 heterocycles. The largest absolute Gasteiger partial charge is 0.475 e. The number of aliphatic carboxylic acids is 1. The van der Waals surface area contributed by atoms with Gasteiger partial charge in [0.05, 0.1) is 11.3 Å². The Kier molecular flexibility index (Phi) is 4.59. The molecule has 1 aromatic carbocycles. The fourth-order valence-electron chi connectivity index (χ4n) is 2.22. The van der Waals surface area contributed by atoms with Gasteiger partial charge in [-0.15, -0.1) is 0 Å². The number of Topliss-reactive ketones (excluding diaryl/α,β-unsaturated/α-hetero) is 2. The molecule has 0 bridgehead atoms. The lowest BCUT2D eigenvalue weighted by Gasteiger charge is -2.08. The van der Waals surface area contributed by atoms with Gasteiger partial charge in [0.1, 0.15) is 0 Å². The first-order valence-corrected chi connectivity index (χ1v) is 6.73. The number of carbonyl (C=O) groups excluding carboxylic acids is 2. The van der Waals surface area contributed by atoms with E-state index in [-0.39, 0.29) is 23.2 Å². The van der Waals surface area contributed by atoms with E-state index in [2.05, 4.69) is 0 Å². The smallest absolute Gasteiger partial charge is 0.416 e. The summed E-state index contributed by atoms with van der Waals surface area (Å²) < 4.78 is 39.3. The number of carboxylic acids is 1. The lowest BCUT2D eigenvalue weighted by Crippen LogP contribution is -2.11. The topological polar surface area (TPSA) is 76.4 Å². The summed E-state index contributed by atoms with van der Waals surface area (Å²) >= 11 is 0. The number of nitrogens with zero attached hydrogens (tertiary/aromatic N) is 1. The van der Waals surface area contributed by atoms with Crippen LogP contribution < -0.4 is 0 Å². The maximum atomic E-state index is 12.7. The molecular weight excluding hydrogens is 327 g/mol. The first-order chi connectivity index (χ1) is 11.1. The fourth-order valence-corrected chi connectivity index (χ4v) is 2.22. The number of aromatic nitrogens is 1. The molecule has 2 rings (SSSR count). The highest BCUT2D eigenvalue weighted by atomic mass is 19.4.